The average Bonchev–Trinajstić information content (AvgIpc) is 3.04. The van der Waals surface area contributed by atoms with E-state index in [1.54, 1.807) is 5.57 Å². The van der Waals surface area contributed by atoms with Crippen LogP contribution >= 0.6 is 0 Å². The second-order valence-corrected chi connectivity index (χ2v) is 11.7. The van der Waals surface area contributed by atoms with Gasteiger partial charge in [-0.3, -0.25) is 0 Å². The lowest BCUT2D eigenvalue weighted by Crippen LogP contribution is -2.36. The van der Waals surface area contributed by atoms with Crippen LogP contribution in [0.5, 0.6) is 0 Å². The van der Waals surface area contributed by atoms with Gasteiger partial charge in [0, 0.05) is 5.92 Å². The third-order valence-corrected chi connectivity index (χ3v) is 8.81. The van der Waals surface area contributed by atoms with Crippen molar-refractivity contribution in [1.29, 1.82) is 0 Å². The fraction of sp³-hybridized carbons (Fsp3) is 0.786. The molecule has 3 saturated carbocycles. The van der Waals surface area contributed by atoms with Crippen LogP contribution in [0.25, 0.3) is 0 Å². The summed E-state index contributed by atoms with van der Waals surface area (Å²) in [7, 11) is 0. The molecule has 0 saturated heterocycles. The number of hydrogen-bond acceptors (Lipinski definition) is 3. The summed E-state index contributed by atoms with van der Waals surface area (Å²) in [6.45, 7) is 13.1. The van der Waals surface area contributed by atoms with E-state index < -0.39 is 5.60 Å². The Kier molecular flexibility index (Phi) is 7.92. The molecule has 31 heavy (non-hydrogen) atoms. The molecule has 0 unspecified atom stereocenters. The smallest absolute Gasteiger partial charge is 0.0591 e. The van der Waals surface area contributed by atoms with E-state index in [0.717, 1.165) is 29.9 Å². The van der Waals surface area contributed by atoms with Gasteiger partial charge >= 0.3 is 0 Å². The molecule has 6 atom stereocenters. The van der Waals surface area contributed by atoms with Crippen molar-refractivity contribution in [1.82, 2.24) is 0 Å². The lowest BCUT2D eigenvalue weighted by Gasteiger charge is -2.44. The van der Waals surface area contributed by atoms with Crippen LogP contribution in [0.4, 0.5) is 0 Å². The van der Waals surface area contributed by atoms with Gasteiger partial charge in [0.15, 0.2) is 0 Å². The molecule has 3 N–H and O–H groups in total. The van der Waals surface area contributed by atoms with Gasteiger partial charge in [0.05, 0.1) is 18.3 Å². The van der Waals surface area contributed by atoms with Crippen molar-refractivity contribution in [2.45, 2.75) is 104 Å². The SMILES string of the molecule is C=C1/C(=C/C=C2\CCC[C@]3(C)[C@@H]([C@H](C)CCCC(C)(C)O)CC[C@@H]23)C[C@H](O)C[C@H]1CO. The van der Waals surface area contributed by atoms with Gasteiger partial charge in [-0.25, -0.2) is 0 Å². The molecular weight excluding hydrogens is 384 g/mol. The summed E-state index contributed by atoms with van der Waals surface area (Å²) in [5, 5.41) is 29.9. The highest BCUT2D eigenvalue weighted by atomic mass is 16.3. The van der Waals surface area contributed by atoms with Crippen LogP contribution in [0.15, 0.2) is 35.5 Å². The fourth-order valence-corrected chi connectivity index (χ4v) is 7.04. The van der Waals surface area contributed by atoms with Crippen molar-refractivity contribution >= 4 is 0 Å². The predicted molar refractivity (Wildman–Crippen MR) is 129 cm³/mol. The quantitative estimate of drug-likeness (QED) is 0.467. The number of rotatable bonds is 7. The number of aliphatic hydroxyl groups is 3. The van der Waals surface area contributed by atoms with Crippen LogP contribution in [0, 0.1) is 29.1 Å². The van der Waals surface area contributed by atoms with Gasteiger partial charge in [0.25, 0.3) is 0 Å². The minimum Gasteiger partial charge on any atom is -0.396 e. The number of hydrogen-bond donors (Lipinski definition) is 3. The topological polar surface area (TPSA) is 60.7 Å². The van der Waals surface area contributed by atoms with Crippen LogP contribution in [0.3, 0.4) is 0 Å². The fourth-order valence-electron chi connectivity index (χ4n) is 7.04. The van der Waals surface area contributed by atoms with Crippen molar-refractivity contribution in [3.63, 3.8) is 0 Å². The summed E-state index contributed by atoms with van der Waals surface area (Å²) in [5.41, 5.74) is 3.54. The molecule has 0 bridgehead atoms. The molecule has 0 heterocycles. The van der Waals surface area contributed by atoms with Gasteiger partial charge in [-0.1, -0.05) is 51.0 Å². The molecule has 176 valence electrons. The van der Waals surface area contributed by atoms with E-state index in [4.69, 9.17) is 0 Å². The van der Waals surface area contributed by atoms with Crippen LogP contribution in [-0.2, 0) is 0 Å². The van der Waals surface area contributed by atoms with E-state index in [1.807, 2.05) is 13.8 Å². The summed E-state index contributed by atoms with van der Waals surface area (Å²) in [5.74, 6) is 2.12. The van der Waals surface area contributed by atoms with Gasteiger partial charge < -0.3 is 15.3 Å². The van der Waals surface area contributed by atoms with Crippen LogP contribution in [0.2, 0.25) is 0 Å². The van der Waals surface area contributed by atoms with Crippen LogP contribution < -0.4 is 0 Å². The summed E-state index contributed by atoms with van der Waals surface area (Å²) >= 11 is 0. The summed E-state index contributed by atoms with van der Waals surface area (Å²) in [6.07, 6.45) is 15.0. The summed E-state index contributed by atoms with van der Waals surface area (Å²) in [4.78, 5) is 0. The molecule has 3 heteroatoms. The highest BCUT2D eigenvalue weighted by Gasteiger charge is 2.50. The highest BCUT2D eigenvalue weighted by molar-refractivity contribution is 5.38. The maximum atomic E-state index is 10.2. The van der Waals surface area contributed by atoms with Gasteiger partial charge in [-0.05, 0) is 99.5 Å². The molecular formula is C28H46O3. The van der Waals surface area contributed by atoms with Crippen molar-refractivity contribution in [3.05, 3.63) is 35.5 Å². The molecule has 0 aromatic rings. The molecule has 0 amide bonds. The Morgan fingerprint density at radius 3 is 2.68 bits per heavy atom. The zero-order chi connectivity index (χ0) is 22.8. The van der Waals surface area contributed by atoms with Gasteiger partial charge in [-0.2, -0.15) is 0 Å². The van der Waals surface area contributed by atoms with E-state index >= 15 is 0 Å². The highest BCUT2D eigenvalue weighted by Crippen LogP contribution is 2.60. The lowest BCUT2D eigenvalue weighted by molar-refractivity contribution is 0.0596. The van der Waals surface area contributed by atoms with E-state index in [9.17, 15) is 15.3 Å². The Labute approximate surface area is 190 Å². The molecule has 3 aliphatic carbocycles. The molecule has 0 spiro atoms. The third kappa shape index (κ3) is 5.72. The average molecular weight is 431 g/mol. The van der Waals surface area contributed by atoms with Crippen molar-refractivity contribution in [2.24, 2.45) is 29.1 Å². The first-order valence-corrected chi connectivity index (χ1v) is 12.6. The zero-order valence-corrected chi connectivity index (χ0v) is 20.4. The maximum Gasteiger partial charge on any atom is 0.0591 e. The minimum absolute atomic E-state index is 0.00868. The second kappa shape index (κ2) is 9.93. The molecule has 0 aliphatic heterocycles. The maximum absolute atomic E-state index is 10.2. The molecule has 3 fully saturated rings. The molecule has 0 aromatic carbocycles. The normalized spacial score (nSPS) is 38.0. The Bertz CT molecular complexity index is 698. The van der Waals surface area contributed by atoms with Crippen molar-refractivity contribution < 1.29 is 15.3 Å². The third-order valence-electron chi connectivity index (χ3n) is 8.81. The Morgan fingerprint density at radius 2 is 2.00 bits per heavy atom. The molecule has 0 radical (unpaired) electrons. The monoisotopic (exact) mass is 430 g/mol. The molecule has 3 aliphatic rings. The van der Waals surface area contributed by atoms with Gasteiger partial charge in [-0.15, -0.1) is 0 Å². The van der Waals surface area contributed by atoms with Gasteiger partial charge in [0.1, 0.15) is 0 Å². The van der Waals surface area contributed by atoms with E-state index in [-0.39, 0.29) is 18.6 Å². The zero-order valence-electron chi connectivity index (χ0n) is 20.4. The first kappa shape index (κ1) is 24.7. The van der Waals surface area contributed by atoms with E-state index in [2.05, 4.69) is 32.6 Å². The largest absolute Gasteiger partial charge is 0.396 e. The standard InChI is InChI=1S/C28H46O3/c1-19(8-6-14-27(3,4)31)25-12-13-26-21(9-7-15-28(25,26)5)10-11-22-16-24(30)17-23(18-29)20(22)2/h10-11,19,23-26,29-31H,2,6-9,12-18H2,1,3-5H3/b21-10+,22-11+/t19-,23+,24+,25-,26+,28-/m1/s1. The Hall–Kier alpha value is -0.900. The van der Waals surface area contributed by atoms with Gasteiger partial charge in [0.2, 0.25) is 0 Å². The van der Waals surface area contributed by atoms with E-state index in [1.165, 1.54) is 38.5 Å². The molecule has 3 nitrogen and oxygen atoms in total. The Balaban J connectivity index is 1.71. The van der Waals surface area contributed by atoms with Crippen LogP contribution in [-0.4, -0.2) is 33.6 Å². The van der Waals surface area contributed by atoms with Crippen LogP contribution in [0.1, 0.15) is 91.9 Å². The second-order valence-electron chi connectivity index (χ2n) is 11.7. The number of allylic oxidation sites excluding steroid dienone is 3. The first-order valence-electron chi connectivity index (χ1n) is 12.6. The van der Waals surface area contributed by atoms with Crippen molar-refractivity contribution in [3.8, 4) is 0 Å². The number of aliphatic hydroxyl groups excluding tert-OH is 2. The molecule has 0 aromatic heterocycles. The lowest BCUT2D eigenvalue weighted by atomic mass is 9.60. The summed E-state index contributed by atoms with van der Waals surface area (Å²) < 4.78 is 0. The summed E-state index contributed by atoms with van der Waals surface area (Å²) in [6, 6.07) is 0. The predicted octanol–water partition coefficient (Wildman–Crippen LogP) is 5.95. The minimum atomic E-state index is -0.554. The first-order chi connectivity index (χ1) is 14.5. The van der Waals surface area contributed by atoms with E-state index in [0.29, 0.717) is 30.1 Å². The Morgan fingerprint density at radius 1 is 1.26 bits per heavy atom. The number of fused-ring (bicyclic) bond motifs is 1. The molecule has 3 rings (SSSR count). The van der Waals surface area contributed by atoms with Crippen molar-refractivity contribution in [2.75, 3.05) is 6.61 Å².